The summed E-state index contributed by atoms with van der Waals surface area (Å²) >= 11 is 0. The molecule has 0 saturated heterocycles. The van der Waals surface area contributed by atoms with Gasteiger partial charge in [-0.15, -0.1) is 0 Å². The van der Waals surface area contributed by atoms with Gasteiger partial charge in [-0.3, -0.25) is 4.79 Å². The minimum atomic E-state index is -0.306. The predicted octanol–water partition coefficient (Wildman–Crippen LogP) is 4.69. The van der Waals surface area contributed by atoms with Crippen LogP contribution in [0.4, 0.5) is 0 Å². The predicted molar refractivity (Wildman–Crippen MR) is 96.1 cm³/mol. The third-order valence-electron chi connectivity index (χ3n) is 5.12. The van der Waals surface area contributed by atoms with Gasteiger partial charge in [0.15, 0.2) is 6.29 Å². The highest BCUT2D eigenvalue weighted by atomic mass is 16.7. The number of Topliss-reactive ketones (excluding diaryl/α,β-unsaturated/α-hetero) is 1. The van der Waals surface area contributed by atoms with E-state index >= 15 is 0 Å². The SMILES string of the molecule is CCOC(CC1C(=O)CCCC1c1cccc2ccccc12)OC. The number of methoxy groups -OCH3 is 1. The summed E-state index contributed by atoms with van der Waals surface area (Å²) in [6, 6.07) is 14.9. The Labute approximate surface area is 144 Å². The van der Waals surface area contributed by atoms with E-state index in [1.807, 2.05) is 6.92 Å². The fraction of sp³-hybridized carbons (Fsp3) is 0.476. The fourth-order valence-electron chi connectivity index (χ4n) is 3.97. The number of hydrogen-bond donors (Lipinski definition) is 0. The zero-order valence-electron chi connectivity index (χ0n) is 14.5. The van der Waals surface area contributed by atoms with E-state index in [9.17, 15) is 4.79 Å². The second kappa shape index (κ2) is 7.91. The summed E-state index contributed by atoms with van der Waals surface area (Å²) in [6.45, 7) is 2.55. The lowest BCUT2D eigenvalue weighted by Gasteiger charge is -2.33. The molecule has 0 aromatic heterocycles. The van der Waals surface area contributed by atoms with Gasteiger partial charge in [0.25, 0.3) is 0 Å². The van der Waals surface area contributed by atoms with Gasteiger partial charge < -0.3 is 9.47 Å². The molecular formula is C21H26O3. The van der Waals surface area contributed by atoms with Crippen molar-refractivity contribution in [2.24, 2.45) is 5.92 Å². The number of ether oxygens (including phenoxy) is 2. The molecule has 0 radical (unpaired) electrons. The molecule has 0 amide bonds. The van der Waals surface area contributed by atoms with E-state index < -0.39 is 0 Å². The van der Waals surface area contributed by atoms with Crippen LogP contribution >= 0.6 is 0 Å². The van der Waals surface area contributed by atoms with E-state index in [0.29, 0.717) is 25.2 Å². The molecule has 3 atom stereocenters. The van der Waals surface area contributed by atoms with Crippen molar-refractivity contribution in [2.75, 3.05) is 13.7 Å². The highest BCUT2D eigenvalue weighted by Crippen LogP contribution is 2.41. The zero-order chi connectivity index (χ0) is 16.9. The van der Waals surface area contributed by atoms with Crippen LogP contribution in [0.25, 0.3) is 10.8 Å². The van der Waals surface area contributed by atoms with Gasteiger partial charge in [0, 0.05) is 32.5 Å². The Kier molecular flexibility index (Phi) is 5.64. The quantitative estimate of drug-likeness (QED) is 0.722. The molecule has 0 N–H and O–H groups in total. The summed E-state index contributed by atoms with van der Waals surface area (Å²) in [7, 11) is 1.65. The van der Waals surface area contributed by atoms with Crippen molar-refractivity contribution in [3.63, 3.8) is 0 Å². The van der Waals surface area contributed by atoms with E-state index in [-0.39, 0.29) is 18.1 Å². The summed E-state index contributed by atoms with van der Waals surface area (Å²) < 4.78 is 11.1. The van der Waals surface area contributed by atoms with Crippen LogP contribution < -0.4 is 0 Å². The topological polar surface area (TPSA) is 35.5 Å². The number of benzene rings is 2. The van der Waals surface area contributed by atoms with Crippen molar-refractivity contribution in [2.45, 2.75) is 44.8 Å². The standard InChI is InChI=1S/C21H26O3/c1-3-24-21(23-2)14-19-18(12-7-13-20(19)22)17-11-6-9-15-8-4-5-10-16(15)17/h4-6,8-11,18-19,21H,3,7,12-14H2,1-2H3. The molecule has 0 heterocycles. The summed E-state index contributed by atoms with van der Waals surface area (Å²) in [5, 5.41) is 2.50. The Hall–Kier alpha value is -1.71. The van der Waals surface area contributed by atoms with Crippen LogP contribution in [0, 0.1) is 5.92 Å². The molecule has 0 spiro atoms. The second-order valence-corrected chi connectivity index (χ2v) is 6.50. The lowest BCUT2D eigenvalue weighted by molar-refractivity contribution is -0.145. The Morgan fingerprint density at radius 1 is 1.17 bits per heavy atom. The highest BCUT2D eigenvalue weighted by molar-refractivity contribution is 5.88. The van der Waals surface area contributed by atoms with Crippen LogP contribution in [-0.2, 0) is 14.3 Å². The molecule has 3 rings (SSSR count). The summed E-state index contributed by atoms with van der Waals surface area (Å²) in [5.74, 6) is 0.567. The van der Waals surface area contributed by atoms with E-state index in [4.69, 9.17) is 9.47 Å². The molecule has 1 aliphatic rings. The third-order valence-corrected chi connectivity index (χ3v) is 5.12. The third kappa shape index (κ3) is 3.52. The van der Waals surface area contributed by atoms with Gasteiger partial charge in [0.1, 0.15) is 5.78 Å². The van der Waals surface area contributed by atoms with Gasteiger partial charge in [0.2, 0.25) is 0 Å². The number of carbonyl (C=O) groups is 1. The average molecular weight is 326 g/mol. The number of fused-ring (bicyclic) bond motifs is 1. The number of hydrogen-bond acceptors (Lipinski definition) is 3. The van der Waals surface area contributed by atoms with Crippen molar-refractivity contribution >= 4 is 16.6 Å². The molecule has 128 valence electrons. The molecule has 24 heavy (non-hydrogen) atoms. The monoisotopic (exact) mass is 326 g/mol. The maximum Gasteiger partial charge on any atom is 0.157 e. The van der Waals surface area contributed by atoms with E-state index in [1.54, 1.807) is 7.11 Å². The maximum absolute atomic E-state index is 12.7. The Morgan fingerprint density at radius 2 is 1.96 bits per heavy atom. The summed E-state index contributed by atoms with van der Waals surface area (Å²) in [4.78, 5) is 12.7. The van der Waals surface area contributed by atoms with Crippen molar-refractivity contribution in [3.05, 3.63) is 48.0 Å². The van der Waals surface area contributed by atoms with Crippen LogP contribution in [0.3, 0.4) is 0 Å². The maximum atomic E-state index is 12.7. The number of ketones is 1. The first-order valence-electron chi connectivity index (χ1n) is 8.89. The van der Waals surface area contributed by atoms with Gasteiger partial charge >= 0.3 is 0 Å². The van der Waals surface area contributed by atoms with Crippen LogP contribution in [0.5, 0.6) is 0 Å². The minimum absolute atomic E-state index is 0.0268. The van der Waals surface area contributed by atoms with Crippen LogP contribution in [-0.4, -0.2) is 25.8 Å². The summed E-state index contributed by atoms with van der Waals surface area (Å²) in [6.07, 6.45) is 3.02. The van der Waals surface area contributed by atoms with E-state index in [0.717, 1.165) is 12.8 Å². The van der Waals surface area contributed by atoms with Crippen LogP contribution in [0.15, 0.2) is 42.5 Å². The molecule has 0 aliphatic heterocycles. The molecule has 1 aliphatic carbocycles. The van der Waals surface area contributed by atoms with Crippen LogP contribution in [0.1, 0.15) is 44.1 Å². The average Bonchev–Trinajstić information content (AvgIpc) is 2.62. The smallest absolute Gasteiger partial charge is 0.157 e. The summed E-state index contributed by atoms with van der Waals surface area (Å²) in [5.41, 5.74) is 1.29. The zero-order valence-corrected chi connectivity index (χ0v) is 14.5. The first-order valence-corrected chi connectivity index (χ1v) is 8.89. The van der Waals surface area contributed by atoms with E-state index in [1.165, 1.54) is 16.3 Å². The molecule has 1 fully saturated rings. The number of carbonyl (C=O) groups excluding carboxylic acids is 1. The van der Waals surface area contributed by atoms with Gasteiger partial charge in [-0.1, -0.05) is 42.5 Å². The molecule has 3 unspecified atom stereocenters. The lowest BCUT2D eigenvalue weighted by atomic mass is 9.72. The molecule has 2 aromatic rings. The van der Waals surface area contributed by atoms with Gasteiger partial charge in [-0.05, 0) is 42.0 Å². The Bertz CT molecular complexity index is 689. The molecule has 2 aromatic carbocycles. The first kappa shape index (κ1) is 17.1. The molecule has 1 saturated carbocycles. The highest BCUT2D eigenvalue weighted by Gasteiger charge is 2.35. The minimum Gasteiger partial charge on any atom is -0.356 e. The van der Waals surface area contributed by atoms with Crippen LogP contribution in [0.2, 0.25) is 0 Å². The van der Waals surface area contributed by atoms with Gasteiger partial charge in [-0.2, -0.15) is 0 Å². The second-order valence-electron chi connectivity index (χ2n) is 6.50. The normalized spacial score (nSPS) is 22.7. The molecular weight excluding hydrogens is 300 g/mol. The van der Waals surface area contributed by atoms with Crippen molar-refractivity contribution < 1.29 is 14.3 Å². The van der Waals surface area contributed by atoms with Crippen molar-refractivity contribution in [1.29, 1.82) is 0 Å². The fourth-order valence-corrected chi connectivity index (χ4v) is 3.97. The van der Waals surface area contributed by atoms with E-state index in [2.05, 4.69) is 42.5 Å². The number of rotatable bonds is 6. The van der Waals surface area contributed by atoms with Crippen molar-refractivity contribution in [3.8, 4) is 0 Å². The Balaban J connectivity index is 1.94. The molecule has 3 heteroatoms. The molecule has 3 nitrogen and oxygen atoms in total. The Morgan fingerprint density at radius 3 is 2.75 bits per heavy atom. The lowest BCUT2D eigenvalue weighted by Crippen LogP contribution is -2.32. The van der Waals surface area contributed by atoms with Gasteiger partial charge in [-0.25, -0.2) is 0 Å². The molecule has 0 bridgehead atoms. The largest absolute Gasteiger partial charge is 0.356 e. The van der Waals surface area contributed by atoms with Gasteiger partial charge in [0.05, 0.1) is 0 Å². The first-order chi connectivity index (χ1) is 11.7. The van der Waals surface area contributed by atoms with Crippen molar-refractivity contribution in [1.82, 2.24) is 0 Å².